The van der Waals surface area contributed by atoms with Gasteiger partial charge >= 0.3 is 6.18 Å². The van der Waals surface area contributed by atoms with Crippen molar-refractivity contribution in [2.24, 2.45) is 5.92 Å². The van der Waals surface area contributed by atoms with Crippen LogP contribution in [0.1, 0.15) is 11.1 Å². The summed E-state index contributed by atoms with van der Waals surface area (Å²) >= 11 is 5.81. The summed E-state index contributed by atoms with van der Waals surface area (Å²) in [4.78, 5) is -0.592. The summed E-state index contributed by atoms with van der Waals surface area (Å²) in [5.74, 6) is 0.622. The molecule has 1 unspecified atom stereocenters. The number of sulfonamides is 1. The minimum Gasteiger partial charge on any atom is -0.493 e. The lowest BCUT2D eigenvalue weighted by Gasteiger charge is -2.25. The molecule has 2 aromatic rings. The molecule has 1 aliphatic heterocycles. The molecule has 0 amide bonds. The quantitative estimate of drug-likeness (QED) is 0.839. The van der Waals surface area contributed by atoms with E-state index in [0.717, 1.165) is 23.4 Å². The Morgan fingerprint density at radius 1 is 1.19 bits per heavy atom. The number of alkyl halides is 3. The van der Waals surface area contributed by atoms with Gasteiger partial charge in [-0.3, -0.25) is 0 Å². The molecule has 1 N–H and O–H groups in total. The molecule has 4 nitrogen and oxygen atoms in total. The molecule has 0 aromatic heterocycles. The first-order chi connectivity index (χ1) is 12.2. The van der Waals surface area contributed by atoms with Crippen molar-refractivity contribution in [3.8, 4) is 5.75 Å². The van der Waals surface area contributed by atoms with Crippen LogP contribution in [0.4, 0.5) is 13.2 Å². The van der Waals surface area contributed by atoms with Crippen LogP contribution in [-0.2, 0) is 22.6 Å². The molecule has 0 aliphatic carbocycles. The van der Waals surface area contributed by atoms with Crippen molar-refractivity contribution in [1.29, 1.82) is 0 Å². The Morgan fingerprint density at radius 2 is 1.92 bits per heavy atom. The highest BCUT2D eigenvalue weighted by Gasteiger charge is 2.33. The standard InChI is InChI=1S/C17H15ClF3NO3S/c18-14-6-5-13(17(19,20)21)8-16(14)26(23,24)22-9-11-7-12-3-1-2-4-15(12)25-10-11/h1-6,8,11,22H,7,9-10H2. The number of fused-ring (bicyclic) bond motifs is 1. The van der Waals surface area contributed by atoms with Crippen LogP contribution >= 0.6 is 11.6 Å². The van der Waals surface area contributed by atoms with E-state index in [1.54, 1.807) is 0 Å². The lowest BCUT2D eigenvalue weighted by Crippen LogP contribution is -2.35. The predicted octanol–water partition coefficient (Wildman–Crippen LogP) is 3.89. The fourth-order valence-electron chi connectivity index (χ4n) is 2.71. The van der Waals surface area contributed by atoms with Gasteiger partial charge in [-0.1, -0.05) is 29.8 Å². The van der Waals surface area contributed by atoms with E-state index < -0.39 is 26.7 Å². The monoisotopic (exact) mass is 405 g/mol. The molecular weight excluding hydrogens is 391 g/mol. The number of halogens is 4. The largest absolute Gasteiger partial charge is 0.493 e. The molecule has 0 fully saturated rings. The van der Waals surface area contributed by atoms with Crippen LogP contribution in [0.2, 0.25) is 5.02 Å². The molecule has 26 heavy (non-hydrogen) atoms. The van der Waals surface area contributed by atoms with Crippen LogP contribution in [0.15, 0.2) is 47.4 Å². The Kier molecular flexibility index (Phi) is 5.18. The fraction of sp³-hybridized carbons (Fsp3) is 0.294. The van der Waals surface area contributed by atoms with E-state index in [9.17, 15) is 21.6 Å². The Hall–Kier alpha value is -1.77. The first-order valence-electron chi connectivity index (χ1n) is 7.74. The third-order valence-corrected chi connectivity index (χ3v) is 5.97. The highest BCUT2D eigenvalue weighted by atomic mass is 35.5. The van der Waals surface area contributed by atoms with Crippen LogP contribution in [0, 0.1) is 5.92 Å². The first kappa shape index (κ1) is 19.0. The van der Waals surface area contributed by atoms with Crippen LogP contribution in [0.3, 0.4) is 0 Å². The smallest absolute Gasteiger partial charge is 0.416 e. The number of nitrogens with one attached hydrogen (secondary N) is 1. The normalized spacial score (nSPS) is 17.5. The number of ether oxygens (including phenoxy) is 1. The van der Waals surface area contributed by atoms with E-state index in [4.69, 9.17) is 16.3 Å². The van der Waals surface area contributed by atoms with Gasteiger partial charge in [0.15, 0.2) is 0 Å². The van der Waals surface area contributed by atoms with E-state index in [-0.39, 0.29) is 17.5 Å². The molecule has 3 rings (SSSR count). The average molecular weight is 406 g/mol. The van der Waals surface area contributed by atoms with Gasteiger partial charge in [0.1, 0.15) is 10.6 Å². The Labute approximate surface area is 154 Å². The van der Waals surface area contributed by atoms with Gasteiger partial charge in [-0.05, 0) is 36.2 Å². The average Bonchev–Trinajstić information content (AvgIpc) is 2.59. The molecule has 0 saturated heterocycles. The summed E-state index contributed by atoms with van der Waals surface area (Å²) in [5.41, 5.74) is -0.114. The Balaban J connectivity index is 1.74. The summed E-state index contributed by atoms with van der Waals surface area (Å²) in [6.45, 7) is 0.346. The van der Waals surface area contributed by atoms with E-state index >= 15 is 0 Å². The van der Waals surface area contributed by atoms with Gasteiger partial charge in [0, 0.05) is 12.5 Å². The first-order valence-corrected chi connectivity index (χ1v) is 9.60. The van der Waals surface area contributed by atoms with E-state index in [1.165, 1.54) is 0 Å². The van der Waals surface area contributed by atoms with Crippen molar-refractivity contribution < 1.29 is 26.3 Å². The molecular formula is C17H15ClF3NO3S. The van der Waals surface area contributed by atoms with Gasteiger partial charge in [0.05, 0.1) is 17.2 Å². The van der Waals surface area contributed by atoms with Crippen molar-refractivity contribution in [1.82, 2.24) is 4.72 Å². The summed E-state index contributed by atoms with van der Waals surface area (Å²) in [6, 6.07) is 9.63. The van der Waals surface area contributed by atoms with Gasteiger partial charge in [0.25, 0.3) is 0 Å². The minimum atomic E-state index is -4.66. The second kappa shape index (κ2) is 7.09. The third-order valence-electron chi connectivity index (χ3n) is 4.07. The highest BCUT2D eigenvalue weighted by molar-refractivity contribution is 7.89. The zero-order chi connectivity index (χ0) is 18.9. The maximum atomic E-state index is 12.8. The molecule has 1 aliphatic rings. The van der Waals surface area contributed by atoms with Crippen molar-refractivity contribution in [2.45, 2.75) is 17.5 Å². The SMILES string of the molecule is O=S(=O)(NCC1COc2ccccc2C1)c1cc(C(F)(F)F)ccc1Cl. The number of rotatable bonds is 4. The molecule has 1 atom stereocenters. The van der Waals surface area contributed by atoms with Crippen LogP contribution in [0.5, 0.6) is 5.75 Å². The summed E-state index contributed by atoms with van der Waals surface area (Å²) in [7, 11) is -4.19. The number of para-hydroxylation sites is 1. The zero-order valence-electron chi connectivity index (χ0n) is 13.4. The summed E-state index contributed by atoms with van der Waals surface area (Å²) < 4.78 is 71.2. The minimum absolute atomic E-state index is 0.0310. The highest BCUT2D eigenvalue weighted by Crippen LogP contribution is 2.33. The number of hydrogen-bond donors (Lipinski definition) is 1. The van der Waals surface area contributed by atoms with E-state index in [0.29, 0.717) is 19.1 Å². The van der Waals surface area contributed by atoms with E-state index in [2.05, 4.69) is 4.72 Å². The molecule has 0 saturated carbocycles. The van der Waals surface area contributed by atoms with Crippen molar-refractivity contribution in [2.75, 3.05) is 13.2 Å². The van der Waals surface area contributed by atoms with Gasteiger partial charge in [-0.15, -0.1) is 0 Å². The summed E-state index contributed by atoms with van der Waals surface area (Å²) in [5, 5.41) is -0.268. The van der Waals surface area contributed by atoms with Crippen LogP contribution in [0.25, 0.3) is 0 Å². The van der Waals surface area contributed by atoms with E-state index in [1.807, 2.05) is 24.3 Å². The molecule has 140 valence electrons. The number of hydrogen-bond acceptors (Lipinski definition) is 3. The van der Waals surface area contributed by atoms with Crippen molar-refractivity contribution in [3.63, 3.8) is 0 Å². The summed E-state index contributed by atoms with van der Waals surface area (Å²) in [6.07, 6.45) is -4.05. The molecule has 0 bridgehead atoms. The zero-order valence-corrected chi connectivity index (χ0v) is 15.0. The molecule has 9 heteroatoms. The third kappa shape index (κ3) is 4.13. The Morgan fingerprint density at radius 3 is 2.65 bits per heavy atom. The van der Waals surface area contributed by atoms with Crippen LogP contribution < -0.4 is 9.46 Å². The molecule has 0 spiro atoms. The number of benzene rings is 2. The lowest BCUT2D eigenvalue weighted by atomic mass is 9.97. The maximum Gasteiger partial charge on any atom is 0.416 e. The van der Waals surface area contributed by atoms with Crippen LogP contribution in [-0.4, -0.2) is 21.6 Å². The topological polar surface area (TPSA) is 55.4 Å². The molecule has 1 heterocycles. The molecule has 0 radical (unpaired) electrons. The van der Waals surface area contributed by atoms with Gasteiger partial charge < -0.3 is 4.74 Å². The van der Waals surface area contributed by atoms with Gasteiger partial charge in [-0.2, -0.15) is 13.2 Å². The second-order valence-corrected chi connectivity index (χ2v) is 8.13. The Bertz CT molecular complexity index is 916. The van der Waals surface area contributed by atoms with Crippen molar-refractivity contribution in [3.05, 3.63) is 58.6 Å². The second-order valence-electron chi connectivity index (χ2n) is 5.98. The van der Waals surface area contributed by atoms with Gasteiger partial charge in [-0.25, -0.2) is 13.1 Å². The maximum absolute atomic E-state index is 12.8. The predicted molar refractivity (Wildman–Crippen MR) is 90.8 cm³/mol. The van der Waals surface area contributed by atoms with Gasteiger partial charge in [0.2, 0.25) is 10.0 Å². The fourth-order valence-corrected chi connectivity index (χ4v) is 4.35. The molecule has 2 aromatic carbocycles. The van der Waals surface area contributed by atoms with Crippen molar-refractivity contribution >= 4 is 21.6 Å². The lowest BCUT2D eigenvalue weighted by molar-refractivity contribution is -0.137.